The second-order valence-electron chi connectivity index (χ2n) is 10.4. The van der Waals surface area contributed by atoms with Crippen LogP contribution in [-0.2, 0) is 14.8 Å². The van der Waals surface area contributed by atoms with Gasteiger partial charge in [-0.15, -0.1) is 0 Å². The number of aryl methyl sites for hydroxylation is 1. The average Bonchev–Trinajstić information content (AvgIpc) is 2.76. The summed E-state index contributed by atoms with van der Waals surface area (Å²) in [6, 6.07) is 10.4. The van der Waals surface area contributed by atoms with Gasteiger partial charge in [-0.3, -0.25) is 4.90 Å². The number of carbonyl (C=O) groups is 1. The number of anilines is 1. The molecule has 1 aliphatic heterocycles. The first-order chi connectivity index (χ1) is 15.9. The first-order valence-corrected chi connectivity index (χ1v) is 13.4. The van der Waals surface area contributed by atoms with Crippen molar-refractivity contribution in [1.29, 1.82) is 0 Å². The van der Waals surface area contributed by atoms with Gasteiger partial charge in [0.2, 0.25) is 10.0 Å². The van der Waals surface area contributed by atoms with Crippen LogP contribution < -0.4 is 4.90 Å². The van der Waals surface area contributed by atoms with Crippen LogP contribution in [0.1, 0.15) is 71.0 Å². The largest absolute Gasteiger partial charge is 0.443 e. The van der Waals surface area contributed by atoms with E-state index < -0.39 is 21.7 Å². The summed E-state index contributed by atoms with van der Waals surface area (Å²) in [6.07, 6.45) is 3.76. The Kier molecular flexibility index (Phi) is 8.03. The van der Waals surface area contributed by atoms with Crippen molar-refractivity contribution in [1.82, 2.24) is 9.29 Å². The molecule has 0 aliphatic carbocycles. The van der Waals surface area contributed by atoms with Gasteiger partial charge in [-0.1, -0.05) is 44.0 Å². The number of sulfonamides is 1. The summed E-state index contributed by atoms with van der Waals surface area (Å²) in [5.41, 5.74) is 1.23. The number of rotatable bonds is 6. The lowest BCUT2D eigenvalue weighted by atomic mass is 9.99. The van der Waals surface area contributed by atoms with E-state index in [1.807, 2.05) is 59.7 Å². The van der Waals surface area contributed by atoms with Crippen molar-refractivity contribution < 1.29 is 17.9 Å². The van der Waals surface area contributed by atoms with Crippen LogP contribution in [0.5, 0.6) is 0 Å². The summed E-state index contributed by atoms with van der Waals surface area (Å²) in [7, 11) is -3.63. The normalized spacial score (nSPS) is 17.6. The minimum Gasteiger partial charge on any atom is -0.443 e. The van der Waals surface area contributed by atoms with Gasteiger partial charge in [-0.2, -0.15) is 4.31 Å². The lowest BCUT2D eigenvalue weighted by molar-refractivity contribution is 0.0575. The van der Waals surface area contributed by atoms with Crippen molar-refractivity contribution in [3.8, 4) is 0 Å². The number of piperidine rings is 1. The highest BCUT2D eigenvalue weighted by atomic mass is 32.2. The molecule has 0 bridgehead atoms. The Morgan fingerprint density at radius 2 is 1.82 bits per heavy atom. The van der Waals surface area contributed by atoms with Gasteiger partial charge in [0.25, 0.3) is 0 Å². The highest BCUT2D eigenvalue weighted by Crippen LogP contribution is 2.35. The van der Waals surface area contributed by atoms with E-state index in [0.717, 1.165) is 30.4 Å². The molecule has 2 heterocycles. The molecule has 3 rings (SSSR count). The topological polar surface area (TPSA) is 79.8 Å². The van der Waals surface area contributed by atoms with Gasteiger partial charge in [-0.25, -0.2) is 18.2 Å². The van der Waals surface area contributed by atoms with E-state index in [-0.39, 0.29) is 12.0 Å². The van der Waals surface area contributed by atoms with Crippen LogP contribution in [0.25, 0.3) is 0 Å². The van der Waals surface area contributed by atoms with Crippen molar-refractivity contribution in [3.05, 3.63) is 53.7 Å². The molecule has 0 saturated carbocycles. The van der Waals surface area contributed by atoms with Crippen LogP contribution in [0, 0.1) is 12.8 Å². The number of carbonyl (C=O) groups excluding carboxylic acids is 1. The van der Waals surface area contributed by atoms with E-state index in [1.54, 1.807) is 33.6 Å². The summed E-state index contributed by atoms with van der Waals surface area (Å²) in [4.78, 5) is 19.2. The monoisotopic (exact) mass is 487 g/mol. The van der Waals surface area contributed by atoms with E-state index >= 15 is 0 Å². The van der Waals surface area contributed by atoms with Crippen molar-refractivity contribution in [3.63, 3.8) is 0 Å². The number of hydrogen-bond acceptors (Lipinski definition) is 5. The maximum atomic E-state index is 13.4. The fourth-order valence-electron chi connectivity index (χ4n) is 4.07. The van der Waals surface area contributed by atoms with Crippen molar-refractivity contribution in [2.24, 2.45) is 5.92 Å². The maximum Gasteiger partial charge on any atom is 0.416 e. The first-order valence-electron chi connectivity index (χ1n) is 11.9. The quantitative estimate of drug-likeness (QED) is 0.522. The lowest BCUT2D eigenvalue weighted by Gasteiger charge is -2.35. The van der Waals surface area contributed by atoms with Crippen LogP contribution in [0.2, 0.25) is 0 Å². The number of ether oxygens (including phenoxy) is 1. The van der Waals surface area contributed by atoms with Crippen LogP contribution in [0.15, 0.2) is 47.5 Å². The number of pyridine rings is 1. The van der Waals surface area contributed by atoms with Gasteiger partial charge in [-0.05, 0) is 70.2 Å². The third-order valence-electron chi connectivity index (χ3n) is 5.67. The Hall–Kier alpha value is -2.45. The van der Waals surface area contributed by atoms with E-state index in [0.29, 0.717) is 23.8 Å². The fourth-order valence-corrected chi connectivity index (χ4v) is 5.75. The minimum atomic E-state index is -3.63. The van der Waals surface area contributed by atoms with E-state index in [1.165, 1.54) is 0 Å². The second-order valence-corrected chi connectivity index (χ2v) is 12.3. The van der Waals surface area contributed by atoms with Crippen LogP contribution in [0.4, 0.5) is 10.6 Å². The predicted octanol–water partition coefficient (Wildman–Crippen LogP) is 5.70. The summed E-state index contributed by atoms with van der Waals surface area (Å²) < 4.78 is 34.0. The molecule has 1 saturated heterocycles. The lowest BCUT2D eigenvalue weighted by Crippen LogP contribution is -2.40. The molecule has 34 heavy (non-hydrogen) atoms. The number of benzene rings is 1. The molecule has 186 valence electrons. The molecule has 0 spiro atoms. The molecule has 1 aromatic carbocycles. The third-order valence-corrected chi connectivity index (χ3v) is 7.60. The number of aromatic nitrogens is 1. The standard InChI is InChI=1S/C26H37N3O4S/c1-19(2)18-28(25(30)33-26(4,5)6)24-15-12-21(17-27-24)23-9-7-8-16-29(23)34(31,32)22-13-10-20(3)11-14-22/h10-15,17,19,23H,7-9,16,18H2,1-6H3/t23-/m1/s1. The van der Waals surface area contributed by atoms with Gasteiger partial charge >= 0.3 is 6.09 Å². The molecule has 2 aromatic rings. The number of amides is 1. The van der Waals surface area contributed by atoms with Gasteiger partial charge in [0.05, 0.1) is 10.9 Å². The zero-order valence-corrected chi connectivity index (χ0v) is 21.9. The second kappa shape index (κ2) is 10.4. The summed E-state index contributed by atoms with van der Waals surface area (Å²) >= 11 is 0. The number of hydrogen-bond donors (Lipinski definition) is 0. The smallest absolute Gasteiger partial charge is 0.416 e. The van der Waals surface area contributed by atoms with Gasteiger partial charge in [0.1, 0.15) is 11.4 Å². The van der Waals surface area contributed by atoms with Crippen LogP contribution in [-0.4, -0.2) is 42.5 Å². The highest BCUT2D eigenvalue weighted by Gasteiger charge is 2.35. The zero-order chi connectivity index (χ0) is 25.1. The van der Waals surface area contributed by atoms with Crippen LogP contribution in [0.3, 0.4) is 0 Å². The molecule has 0 radical (unpaired) electrons. The van der Waals surface area contributed by atoms with Gasteiger partial charge < -0.3 is 4.74 Å². The molecule has 8 heteroatoms. The predicted molar refractivity (Wildman–Crippen MR) is 134 cm³/mol. The van der Waals surface area contributed by atoms with Crippen molar-refractivity contribution in [2.75, 3.05) is 18.0 Å². The van der Waals surface area contributed by atoms with Gasteiger partial charge in [0.15, 0.2) is 0 Å². The first kappa shape index (κ1) is 26.2. The summed E-state index contributed by atoms with van der Waals surface area (Å²) in [5.74, 6) is 0.720. The molecule has 1 fully saturated rings. The Morgan fingerprint density at radius 3 is 2.38 bits per heavy atom. The Morgan fingerprint density at radius 1 is 1.15 bits per heavy atom. The SMILES string of the molecule is Cc1ccc(S(=O)(=O)N2CCCC[C@@H]2c2ccc(N(CC(C)C)C(=O)OC(C)(C)C)nc2)cc1. The molecule has 1 atom stereocenters. The molecule has 1 aromatic heterocycles. The maximum absolute atomic E-state index is 13.4. The fraction of sp³-hybridized carbons (Fsp3) is 0.538. The molecule has 1 aliphatic rings. The van der Waals surface area contributed by atoms with E-state index in [9.17, 15) is 13.2 Å². The Balaban J connectivity index is 1.88. The average molecular weight is 488 g/mol. The molecular weight excluding hydrogens is 450 g/mol. The Labute approximate surface area is 204 Å². The molecule has 0 N–H and O–H groups in total. The van der Waals surface area contributed by atoms with Crippen molar-refractivity contribution >= 4 is 21.9 Å². The minimum absolute atomic E-state index is 0.225. The molecule has 0 unspecified atom stereocenters. The van der Waals surface area contributed by atoms with Crippen LogP contribution >= 0.6 is 0 Å². The number of nitrogens with zero attached hydrogens (tertiary/aromatic N) is 3. The zero-order valence-electron chi connectivity index (χ0n) is 21.1. The van der Waals surface area contributed by atoms with E-state index in [4.69, 9.17) is 4.74 Å². The summed E-state index contributed by atoms with van der Waals surface area (Å²) in [5, 5.41) is 0. The van der Waals surface area contributed by atoms with Gasteiger partial charge in [0, 0.05) is 19.3 Å². The highest BCUT2D eigenvalue weighted by molar-refractivity contribution is 7.89. The third kappa shape index (κ3) is 6.36. The van der Waals surface area contributed by atoms with Crippen molar-refractivity contribution in [2.45, 2.75) is 77.3 Å². The Bertz CT molecular complexity index is 1070. The van der Waals surface area contributed by atoms with E-state index in [2.05, 4.69) is 4.98 Å². The molecule has 1 amide bonds. The molecular formula is C26H37N3O4S. The molecule has 7 nitrogen and oxygen atoms in total. The summed E-state index contributed by atoms with van der Waals surface area (Å²) in [6.45, 7) is 12.4.